The van der Waals surface area contributed by atoms with Crippen molar-refractivity contribution in [2.75, 3.05) is 0 Å². The molecule has 0 N–H and O–H groups in total. The van der Waals surface area contributed by atoms with Gasteiger partial charge in [0.15, 0.2) is 0 Å². The van der Waals surface area contributed by atoms with Gasteiger partial charge >= 0.3 is 0 Å². The third-order valence-corrected chi connectivity index (χ3v) is 2.46. The summed E-state index contributed by atoms with van der Waals surface area (Å²) in [6, 6.07) is 14.1. The molecule has 0 aliphatic rings. The number of benzene rings is 2. The van der Waals surface area contributed by atoms with E-state index in [-0.39, 0.29) is 5.82 Å². The predicted octanol–water partition coefficient (Wildman–Crippen LogP) is 3.67. The van der Waals surface area contributed by atoms with Crippen LogP contribution in [-0.4, -0.2) is 0 Å². The zero-order chi connectivity index (χ0) is 11.5. The molecular weight excluding hydrogens is 201 g/mol. The maximum Gasteiger partial charge on any atom is 0.124 e. The van der Waals surface area contributed by atoms with Crippen molar-refractivity contribution in [1.29, 1.82) is 5.26 Å². The number of aryl methyl sites for hydroxylation is 1. The van der Waals surface area contributed by atoms with Gasteiger partial charge in [-0.25, -0.2) is 4.39 Å². The van der Waals surface area contributed by atoms with Gasteiger partial charge in [-0.05, 0) is 30.2 Å². The molecule has 78 valence electrons. The molecule has 2 heteroatoms. The molecule has 0 bridgehead atoms. The summed E-state index contributed by atoms with van der Waals surface area (Å²) in [7, 11) is 0. The van der Waals surface area contributed by atoms with E-state index in [2.05, 4.69) is 0 Å². The van der Waals surface area contributed by atoms with Crippen molar-refractivity contribution in [2.24, 2.45) is 0 Å². The summed E-state index contributed by atoms with van der Waals surface area (Å²) >= 11 is 0. The van der Waals surface area contributed by atoms with E-state index in [4.69, 9.17) is 5.26 Å². The Morgan fingerprint density at radius 1 is 1.06 bits per heavy atom. The van der Waals surface area contributed by atoms with Gasteiger partial charge in [0.1, 0.15) is 5.82 Å². The fraction of sp³-hybridized carbons (Fsp3) is 0.0714. The number of halogens is 1. The van der Waals surface area contributed by atoms with E-state index in [1.165, 1.54) is 12.1 Å². The van der Waals surface area contributed by atoms with Crippen LogP contribution in [0.25, 0.3) is 11.1 Å². The van der Waals surface area contributed by atoms with Gasteiger partial charge in [-0.2, -0.15) is 5.26 Å². The minimum atomic E-state index is -0.382. The van der Waals surface area contributed by atoms with Crippen LogP contribution in [0.15, 0.2) is 42.5 Å². The number of rotatable bonds is 1. The smallest absolute Gasteiger partial charge is 0.124 e. The molecule has 0 saturated heterocycles. The lowest BCUT2D eigenvalue weighted by molar-refractivity contribution is 0.627. The minimum Gasteiger partial charge on any atom is -0.207 e. The van der Waals surface area contributed by atoms with Crippen LogP contribution in [0.3, 0.4) is 0 Å². The molecule has 0 radical (unpaired) electrons. The Kier molecular flexibility index (Phi) is 2.70. The summed E-state index contributed by atoms with van der Waals surface area (Å²) in [5.41, 5.74) is 3.22. The zero-order valence-electron chi connectivity index (χ0n) is 8.87. The number of hydrogen-bond acceptors (Lipinski definition) is 1. The van der Waals surface area contributed by atoms with Crippen molar-refractivity contribution >= 4 is 0 Å². The molecule has 0 atom stereocenters. The van der Waals surface area contributed by atoms with Crippen LogP contribution >= 0.6 is 0 Å². The highest BCUT2D eigenvalue weighted by Crippen LogP contribution is 2.24. The van der Waals surface area contributed by atoms with Gasteiger partial charge in [0.2, 0.25) is 0 Å². The quantitative estimate of drug-likeness (QED) is 0.706. The molecule has 0 aliphatic carbocycles. The van der Waals surface area contributed by atoms with Crippen molar-refractivity contribution in [3.05, 3.63) is 59.4 Å². The molecule has 0 heterocycles. The highest BCUT2D eigenvalue weighted by molar-refractivity contribution is 5.70. The van der Waals surface area contributed by atoms with E-state index in [0.717, 1.165) is 16.7 Å². The van der Waals surface area contributed by atoms with Crippen molar-refractivity contribution in [2.45, 2.75) is 6.92 Å². The van der Waals surface area contributed by atoms with Crippen LogP contribution in [0.1, 0.15) is 11.1 Å². The molecule has 0 aromatic heterocycles. The average Bonchev–Trinajstić information content (AvgIpc) is 2.30. The summed E-state index contributed by atoms with van der Waals surface area (Å²) in [5.74, 6) is -0.382. The Labute approximate surface area is 93.8 Å². The van der Waals surface area contributed by atoms with E-state index in [1.807, 2.05) is 37.3 Å². The topological polar surface area (TPSA) is 23.8 Å². The lowest BCUT2D eigenvalue weighted by Crippen LogP contribution is -1.86. The van der Waals surface area contributed by atoms with Gasteiger partial charge in [0, 0.05) is 0 Å². The molecule has 0 fully saturated rings. The summed E-state index contributed by atoms with van der Waals surface area (Å²) < 4.78 is 13.0. The average molecular weight is 211 g/mol. The first-order valence-electron chi connectivity index (χ1n) is 4.97. The Balaban J connectivity index is 2.56. The van der Waals surface area contributed by atoms with E-state index in [1.54, 1.807) is 6.07 Å². The second kappa shape index (κ2) is 4.16. The predicted molar refractivity (Wildman–Crippen MR) is 61.3 cm³/mol. The maximum absolute atomic E-state index is 13.0. The first-order valence-corrected chi connectivity index (χ1v) is 4.97. The summed E-state index contributed by atoms with van der Waals surface area (Å²) in [5, 5.41) is 8.94. The van der Waals surface area contributed by atoms with Gasteiger partial charge in [0.25, 0.3) is 0 Å². The molecule has 0 spiro atoms. The number of nitriles is 1. The highest BCUT2D eigenvalue weighted by Gasteiger charge is 2.05. The SMILES string of the molecule is Cc1ccc(-c2ccc(F)cc2C#N)cc1. The van der Waals surface area contributed by atoms with Crippen LogP contribution in [0, 0.1) is 24.1 Å². The molecular formula is C14H10FN. The van der Waals surface area contributed by atoms with E-state index < -0.39 is 0 Å². The first-order chi connectivity index (χ1) is 7.70. The molecule has 1 nitrogen and oxygen atoms in total. The molecule has 0 aliphatic heterocycles. The fourth-order valence-electron chi connectivity index (χ4n) is 1.59. The highest BCUT2D eigenvalue weighted by atomic mass is 19.1. The lowest BCUT2D eigenvalue weighted by atomic mass is 9.99. The molecule has 2 rings (SSSR count). The monoisotopic (exact) mass is 211 g/mol. The van der Waals surface area contributed by atoms with Gasteiger partial charge < -0.3 is 0 Å². The summed E-state index contributed by atoms with van der Waals surface area (Å²) in [4.78, 5) is 0. The molecule has 0 amide bonds. The summed E-state index contributed by atoms with van der Waals surface area (Å²) in [6.45, 7) is 2.00. The van der Waals surface area contributed by atoms with Crippen LogP contribution in [0.4, 0.5) is 4.39 Å². The van der Waals surface area contributed by atoms with Gasteiger partial charge in [0.05, 0.1) is 11.6 Å². The van der Waals surface area contributed by atoms with Gasteiger partial charge in [-0.15, -0.1) is 0 Å². The third-order valence-electron chi connectivity index (χ3n) is 2.46. The standard InChI is InChI=1S/C14H10FN/c1-10-2-4-11(5-3-10)14-7-6-13(15)8-12(14)9-16/h2-8H,1H3. The normalized spacial score (nSPS) is 9.81. The van der Waals surface area contributed by atoms with Crippen LogP contribution in [0.5, 0.6) is 0 Å². The third kappa shape index (κ3) is 1.94. The first kappa shape index (κ1) is 10.4. The fourth-order valence-corrected chi connectivity index (χ4v) is 1.59. The molecule has 2 aromatic rings. The van der Waals surface area contributed by atoms with Gasteiger partial charge in [-0.3, -0.25) is 0 Å². The Morgan fingerprint density at radius 3 is 2.38 bits per heavy atom. The van der Waals surface area contributed by atoms with E-state index in [0.29, 0.717) is 5.56 Å². The van der Waals surface area contributed by atoms with E-state index >= 15 is 0 Å². The van der Waals surface area contributed by atoms with Gasteiger partial charge in [-0.1, -0.05) is 35.9 Å². The second-order valence-electron chi connectivity index (χ2n) is 3.67. The molecule has 2 aromatic carbocycles. The Bertz CT molecular complexity index is 550. The molecule has 0 saturated carbocycles. The lowest BCUT2D eigenvalue weighted by Gasteiger charge is -2.04. The van der Waals surface area contributed by atoms with Crippen LogP contribution < -0.4 is 0 Å². The molecule has 0 unspecified atom stereocenters. The van der Waals surface area contributed by atoms with Crippen LogP contribution in [-0.2, 0) is 0 Å². The van der Waals surface area contributed by atoms with Crippen molar-refractivity contribution < 1.29 is 4.39 Å². The van der Waals surface area contributed by atoms with Crippen molar-refractivity contribution in [3.63, 3.8) is 0 Å². The maximum atomic E-state index is 13.0. The number of hydrogen-bond donors (Lipinski definition) is 0. The van der Waals surface area contributed by atoms with Crippen molar-refractivity contribution in [3.8, 4) is 17.2 Å². The zero-order valence-corrected chi connectivity index (χ0v) is 8.87. The summed E-state index contributed by atoms with van der Waals surface area (Å²) in [6.07, 6.45) is 0. The van der Waals surface area contributed by atoms with E-state index in [9.17, 15) is 4.39 Å². The Morgan fingerprint density at radius 2 is 1.75 bits per heavy atom. The Hall–Kier alpha value is -2.14. The largest absolute Gasteiger partial charge is 0.207 e. The van der Waals surface area contributed by atoms with Crippen LogP contribution in [0.2, 0.25) is 0 Å². The minimum absolute atomic E-state index is 0.365. The second-order valence-corrected chi connectivity index (χ2v) is 3.67. The number of nitrogens with zero attached hydrogens (tertiary/aromatic N) is 1. The van der Waals surface area contributed by atoms with Crippen molar-refractivity contribution in [1.82, 2.24) is 0 Å². The molecule has 16 heavy (non-hydrogen) atoms.